The minimum absolute atomic E-state index is 0. The smallest absolute Gasteiger partial charge is 0.224 e. The second-order valence-electron chi connectivity index (χ2n) is 6.08. The number of nitrogens with zero attached hydrogens (tertiary/aromatic N) is 3. The number of nitrogen functional groups attached to an aromatic ring is 1. The first kappa shape index (κ1) is 18.3. The highest BCUT2D eigenvalue weighted by Gasteiger charge is 2.27. The minimum Gasteiger partial charge on any atom is -0.497 e. The number of nitrogens with one attached hydrogen (secondary N) is 2. The molecular weight excluding hydrogens is 356 g/mol. The summed E-state index contributed by atoms with van der Waals surface area (Å²) in [6.45, 7) is 3.68. The van der Waals surface area contributed by atoms with Crippen molar-refractivity contribution in [3.63, 3.8) is 0 Å². The number of anilines is 4. The van der Waals surface area contributed by atoms with E-state index in [-0.39, 0.29) is 24.4 Å². The highest BCUT2D eigenvalue weighted by Crippen LogP contribution is 2.38. The van der Waals surface area contributed by atoms with Gasteiger partial charge in [-0.15, -0.1) is 12.4 Å². The largest absolute Gasteiger partial charge is 0.497 e. The van der Waals surface area contributed by atoms with Gasteiger partial charge in [-0.25, -0.2) is 0 Å². The Morgan fingerprint density at radius 3 is 2.62 bits per heavy atom. The van der Waals surface area contributed by atoms with Crippen molar-refractivity contribution in [2.45, 2.75) is 6.04 Å². The Labute approximate surface area is 158 Å². The van der Waals surface area contributed by atoms with Gasteiger partial charge < -0.3 is 30.7 Å². The average molecular weight is 379 g/mol. The Kier molecular flexibility index (Phi) is 5.53. The summed E-state index contributed by atoms with van der Waals surface area (Å²) in [6.07, 6.45) is 0. The van der Waals surface area contributed by atoms with Crippen LogP contribution in [0.15, 0.2) is 24.3 Å². The summed E-state index contributed by atoms with van der Waals surface area (Å²) in [5.74, 6) is 2.70. The molecular formula is C17H23ClN6O2. The van der Waals surface area contributed by atoms with E-state index in [4.69, 9.17) is 15.2 Å². The number of hydrogen-bond acceptors (Lipinski definition) is 8. The normalized spacial score (nSPS) is 18.8. The van der Waals surface area contributed by atoms with Gasteiger partial charge in [0.2, 0.25) is 5.95 Å². The Morgan fingerprint density at radius 1 is 1.19 bits per heavy atom. The fourth-order valence-electron chi connectivity index (χ4n) is 3.19. The molecule has 1 atom stereocenters. The molecule has 0 spiro atoms. The fourth-order valence-corrected chi connectivity index (χ4v) is 3.19. The van der Waals surface area contributed by atoms with E-state index in [1.807, 2.05) is 12.1 Å². The molecule has 1 saturated heterocycles. The molecule has 0 bridgehead atoms. The number of ether oxygens (including phenoxy) is 2. The first-order valence-corrected chi connectivity index (χ1v) is 8.39. The van der Waals surface area contributed by atoms with E-state index in [0.29, 0.717) is 13.2 Å². The van der Waals surface area contributed by atoms with Crippen LogP contribution in [-0.2, 0) is 4.74 Å². The molecule has 1 unspecified atom stereocenters. The molecule has 4 N–H and O–H groups in total. The van der Waals surface area contributed by atoms with Gasteiger partial charge in [0.05, 0.1) is 26.4 Å². The van der Waals surface area contributed by atoms with Crippen LogP contribution in [0.25, 0.3) is 0 Å². The first-order valence-electron chi connectivity index (χ1n) is 8.39. The van der Waals surface area contributed by atoms with Crippen molar-refractivity contribution in [3.8, 4) is 5.75 Å². The van der Waals surface area contributed by atoms with E-state index < -0.39 is 0 Å². The van der Waals surface area contributed by atoms with Crippen molar-refractivity contribution in [1.29, 1.82) is 0 Å². The Bertz CT molecular complexity index is 752. The lowest BCUT2D eigenvalue weighted by Gasteiger charge is -2.34. The fraction of sp³-hybridized carbons (Fsp3) is 0.412. The highest BCUT2D eigenvalue weighted by atomic mass is 35.5. The number of nitrogens with two attached hydrogens (primary N) is 1. The monoisotopic (exact) mass is 378 g/mol. The zero-order valence-electron chi connectivity index (χ0n) is 14.6. The SMILES string of the molecule is COc1ccc(C2CNc3nc(N)nc(N4CCOCC4)c3N2)cc1.Cl. The van der Waals surface area contributed by atoms with Gasteiger partial charge in [-0.3, -0.25) is 0 Å². The van der Waals surface area contributed by atoms with Crippen LogP contribution in [0.2, 0.25) is 0 Å². The van der Waals surface area contributed by atoms with Crippen LogP contribution in [-0.4, -0.2) is 49.9 Å². The van der Waals surface area contributed by atoms with Crippen LogP contribution >= 0.6 is 12.4 Å². The summed E-state index contributed by atoms with van der Waals surface area (Å²) in [5.41, 5.74) is 7.97. The topological polar surface area (TPSA) is 97.6 Å². The third-order valence-electron chi connectivity index (χ3n) is 4.53. The molecule has 9 heteroatoms. The van der Waals surface area contributed by atoms with Gasteiger partial charge in [-0.1, -0.05) is 12.1 Å². The Hall–Kier alpha value is -2.45. The molecule has 8 nitrogen and oxygen atoms in total. The summed E-state index contributed by atoms with van der Waals surface area (Å²) < 4.78 is 10.7. The molecule has 1 aromatic heterocycles. The number of rotatable bonds is 3. The van der Waals surface area contributed by atoms with Gasteiger partial charge in [0.15, 0.2) is 11.6 Å². The van der Waals surface area contributed by atoms with E-state index in [0.717, 1.165) is 42.7 Å². The number of fused-ring (bicyclic) bond motifs is 1. The molecule has 0 saturated carbocycles. The van der Waals surface area contributed by atoms with E-state index in [2.05, 4.69) is 37.6 Å². The van der Waals surface area contributed by atoms with E-state index in [1.54, 1.807) is 7.11 Å². The molecule has 0 amide bonds. The maximum Gasteiger partial charge on any atom is 0.224 e. The standard InChI is InChI=1S/C17H22N6O2.ClH/c1-24-12-4-2-11(3-5-12)13-10-19-15-14(20-13)16(22-17(18)21-15)23-6-8-25-9-7-23;/h2-5,13,20H,6-10H2,1H3,(H3,18,19,21,22);1H. The molecule has 140 valence electrons. The Balaban J connectivity index is 0.00000196. The number of aromatic nitrogens is 2. The second-order valence-corrected chi connectivity index (χ2v) is 6.08. The summed E-state index contributed by atoms with van der Waals surface area (Å²) >= 11 is 0. The maximum absolute atomic E-state index is 5.91. The lowest BCUT2D eigenvalue weighted by Crippen LogP contribution is -2.38. The third-order valence-corrected chi connectivity index (χ3v) is 4.53. The first-order chi connectivity index (χ1) is 12.2. The molecule has 3 heterocycles. The van der Waals surface area contributed by atoms with Crippen LogP contribution < -0.4 is 26.0 Å². The van der Waals surface area contributed by atoms with Gasteiger partial charge in [0.1, 0.15) is 11.4 Å². The molecule has 0 aliphatic carbocycles. The number of hydrogen-bond donors (Lipinski definition) is 3. The van der Waals surface area contributed by atoms with Crippen molar-refractivity contribution >= 4 is 35.7 Å². The molecule has 1 aromatic carbocycles. The average Bonchev–Trinajstić information content (AvgIpc) is 2.68. The quantitative estimate of drug-likeness (QED) is 0.745. The number of halogens is 1. The Morgan fingerprint density at radius 2 is 1.92 bits per heavy atom. The van der Waals surface area contributed by atoms with Gasteiger partial charge >= 0.3 is 0 Å². The van der Waals surface area contributed by atoms with Crippen molar-refractivity contribution in [2.24, 2.45) is 0 Å². The number of methoxy groups -OCH3 is 1. The maximum atomic E-state index is 5.91. The molecule has 4 rings (SSSR count). The van der Waals surface area contributed by atoms with Crippen LogP contribution in [0.3, 0.4) is 0 Å². The van der Waals surface area contributed by atoms with E-state index in [9.17, 15) is 0 Å². The van der Waals surface area contributed by atoms with E-state index >= 15 is 0 Å². The molecule has 26 heavy (non-hydrogen) atoms. The number of morpholine rings is 1. The zero-order valence-corrected chi connectivity index (χ0v) is 15.4. The van der Waals surface area contributed by atoms with Crippen LogP contribution in [0.1, 0.15) is 11.6 Å². The summed E-state index contributed by atoms with van der Waals surface area (Å²) in [5, 5.41) is 6.95. The molecule has 2 aromatic rings. The second kappa shape index (κ2) is 7.84. The van der Waals surface area contributed by atoms with Gasteiger partial charge in [0.25, 0.3) is 0 Å². The van der Waals surface area contributed by atoms with Crippen molar-refractivity contribution < 1.29 is 9.47 Å². The summed E-state index contributed by atoms with van der Waals surface area (Å²) in [4.78, 5) is 11.0. The highest BCUT2D eigenvalue weighted by molar-refractivity contribution is 5.85. The van der Waals surface area contributed by atoms with Crippen LogP contribution in [0, 0.1) is 0 Å². The van der Waals surface area contributed by atoms with Gasteiger partial charge in [-0.2, -0.15) is 9.97 Å². The van der Waals surface area contributed by atoms with Crippen LogP contribution in [0.5, 0.6) is 5.75 Å². The van der Waals surface area contributed by atoms with Gasteiger partial charge in [0, 0.05) is 19.6 Å². The van der Waals surface area contributed by atoms with Crippen LogP contribution in [0.4, 0.5) is 23.3 Å². The van der Waals surface area contributed by atoms with Crippen molar-refractivity contribution in [2.75, 3.05) is 61.2 Å². The van der Waals surface area contributed by atoms with Crippen molar-refractivity contribution in [3.05, 3.63) is 29.8 Å². The molecule has 0 radical (unpaired) electrons. The summed E-state index contributed by atoms with van der Waals surface area (Å²) in [7, 11) is 1.67. The molecule has 2 aliphatic heterocycles. The summed E-state index contributed by atoms with van der Waals surface area (Å²) in [6, 6.07) is 8.18. The molecule has 2 aliphatic rings. The predicted octanol–water partition coefficient (Wildman–Crippen LogP) is 1.90. The lowest BCUT2D eigenvalue weighted by atomic mass is 10.0. The third kappa shape index (κ3) is 3.56. The minimum atomic E-state index is 0. The molecule has 1 fully saturated rings. The lowest BCUT2D eigenvalue weighted by molar-refractivity contribution is 0.122. The zero-order chi connectivity index (χ0) is 17.2. The van der Waals surface area contributed by atoms with Crippen molar-refractivity contribution in [1.82, 2.24) is 9.97 Å². The number of benzene rings is 1. The predicted molar refractivity (Wildman–Crippen MR) is 105 cm³/mol. The van der Waals surface area contributed by atoms with Gasteiger partial charge in [-0.05, 0) is 17.7 Å². The van der Waals surface area contributed by atoms with E-state index in [1.165, 1.54) is 5.56 Å².